The Kier molecular flexibility index (Phi) is 11.3. The summed E-state index contributed by atoms with van der Waals surface area (Å²) in [5, 5.41) is 15.2. The Morgan fingerprint density at radius 2 is 1.30 bits per heavy atom. The molecule has 8 nitrogen and oxygen atoms in total. The maximum atomic E-state index is 5.02. The number of rotatable bonds is 13. The largest absolute Gasteiger partial charge is 0.349 e. The van der Waals surface area contributed by atoms with E-state index in [2.05, 4.69) is 121 Å². The summed E-state index contributed by atoms with van der Waals surface area (Å²) in [4.78, 5) is 16.8. The molecule has 3 rings (SSSR count). The lowest BCUT2D eigenvalue weighted by Gasteiger charge is -2.49. The predicted molar refractivity (Wildman–Crippen MR) is 184 cm³/mol. The quantitative estimate of drug-likeness (QED) is 0.179. The predicted octanol–water partition coefficient (Wildman–Crippen LogP) is 7.07. The summed E-state index contributed by atoms with van der Waals surface area (Å²) in [6, 6.07) is 0.964. The lowest BCUT2D eigenvalue weighted by atomic mass is 9.79. The van der Waals surface area contributed by atoms with E-state index in [1.54, 1.807) is 6.33 Å². The molecule has 0 bridgehead atoms. The van der Waals surface area contributed by atoms with Crippen LogP contribution in [0.4, 0.5) is 11.9 Å². The van der Waals surface area contributed by atoms with Gasteiger partial charge in [0.15, 0.2) is 0 Å². The van der Waals surface area contributed by atoms with Crippen LogP contribution in [0, 0.1) is 5.41 Å². The number of hydrogen-bond acceptors (Lipinski definition) is 8. The molecule has 0 unspecified atom stereocenters. The summed E-state index contributed by atoms with van der Waals surface area (Å²) >= 11 is 0. The summed E-state index contributed by atoms with van der Waals surface area (Å²) in [6.07, 6.45) is 12.0. The molecular weight excluding hydrogens is 532 g/mol. The van der Waals surface area contributed by atoms with E-state index in [0.29, 0.717) is 18.0 Å². The van der Waals surface area contributed by atoms with E-state index in [4.69, 9.17) is 9.97 Å². The maximum absolute atomic E-state index is 5.02. The molecule has 2 aliphatic heterocycles. The number of unbranched alkanes of at least 4 members (excludes halogenated alkanes) is 3. The average molecular weight is 601 g/mol. The van der Waals surface area contributed by atoms with Gasteiger partial charge in [-0.15, -0.1) is 0 Å². The average Bonchev–Trinajstić information content (AvgIpc) is 2.74. The number of hydrogen-bond donors (Lipinski definition) is 4. The molecule has 1 aromatic rings. The van der Waals surface area contributed by atoms with Crippen LogP contribution in [0.25, 0.3) is 0 Å². The number of piperidine rings is 2. The van der Waals surface area contributed by atoms with Crippen LogP contribution >= 0.6 is 0 Å². The van der Waals surface area contributed by atoms with Gasteiger partial charge in [0, 0.05) is 46.3 Å². The van der Waals surface area contributed by atoms with Gasteiger partial charge < -0.3 is 26.2 Å². The molecule has 0 amide bonds. The third-order valence-electron chi connectivity index (χ3n) is 8.80. The third-order valence-corrected chi connectivity index (χ3v) is 8.80. The van der Waals surface area contributed by atoms with Crippen molar-refractivity contribution in [1.82, 2.24) is 30.9 Å². The minimum Gasteiger partial charge on any atom is -0.349 e. The zero-order valence-electron chi connectivity index (χ0n) is 30.3. The monoisotopic (exact) mass is 601 g/mol. The van der Waals surface area contributed by atoms with Crippen molar-refractivity contribution >= 4 is 11.9 Å². The highest BCUT2D eigenvalue weighted by atomic mass is 15.3. The highest BCUT2D eigenvalue weighted by Crippen LogP contribution is 2.34. The first-order valence-electron chi connectivity index (χ1n) is 17.1. The lowest BCUT2D eigenvalue weighted by Crippen LogP contribution is -2.62. The smallest absolute Gasteiger partial charge is 0.230 e. The Bertz CT molecular complexity index is 991. The minimum absolute atomic E-state index is 0.0525. The molecule has 3 heterocycles. The number of anilines is 2. The molecule has 2 fully saturated rings. The lowest BCUT2D eigenvalue weighted by molar-refractivity contribution is 0.146. The minimum atomic E-state index is -0.117. The first kappa shape index (κ1) is 36.0. The molecule has 2 aliphatic rings. The fourth-order valence-corrected chi connectivity index (χ4v) is 8.63. The normalized spacial score (nSPS) is 22.3. The van der Waals surface area contributed by atoms with Gasteiger partial charge in [-0.1, -0.05) is 33.6 Å². The molecule has 2 saturated heterocycles. The van der Waals surface area contributed by atoms with Crippen molar-refractivity contribution in [2.45, 2.75) is 188 Å². The molecule has 0 aromatic carbocycles. The van der Waals surface area contributed by atoms with Crippen molar-refractivity contribution in [2.75, 3.05) is 23.3 Å². The molecule has 1 aromatic heterocycles. The van der Waals surface area contributed by atoms with Crippen LogP contribution < -0.4 is 26.2 Å². The van der Waals surface area contributed by atoms with E-state index in [1.807, 2.05) is 0 Å². The number of nitrogens with one attached hydrogen (secondary N) is 4. The zero-order chi connectivity index (χ0) is 32.3. The van der Waals surface area contributed by atoms with E-state index in [0.717, 1.165) is 44.7 Å². The standard InChI is InChI=1S/C35H68N8/c1-30(2,3)24-35(12,13)40-28-37-25-38-29(39-28)43(27-22-33(8,9)42-34(10,11)23-27)19-17-15-14-16-18-36-26-20-31(4,5)41-32(6,7)21-26/h25-27,36,41-42H,14-24H2,1-13H3,(H,37,38,39,40). The van der Waals surface area contributed by atoms with Crippen molar-refractivity contribution in [2.24, 2.45) is 5.41 Å². The second kappa shape index (κ2) is 13.5. The molecule has 0 atom stereocenters. The van der Waals surface area contributed by atoms with Crippen molar-refractivity contribution in [3.05, 3.63) is 6.33 Å². The van der Waals surface area contributed by atoms with Crippen molar-refractivity contribution in [1.29, 1.82) is 0 Å². The Hall–Kier alpha value is -1.51. The molecule has 43 heavy (non-hydrogen) atoms. The van der Waals surface area contributed by atoms with Gasteiger partial charge in [0.2, 0.25) is 11.9 Å². The van der Waals surface area contributed by atoms with Crippen LogP contribution in [0.5, 0.6) is 0 Å². The molecule has 0 spiro atoms. The third kappa shape index (κ3) is 12.4. The Morgan fingerprint density at radius 3 is 1.86 bits per heavy atom. The maximum Gasteiger partial charge on any atom is 0.230 e. The molecular formula is C35H68N8. The Morgan fingerprint density at radius 1 is 0.767 bits per heavy atom. The molecule has 0 saturated carbocycles. The van der Waals surface area contributed by atoms with Gasteiger partial charge >= 0.3 is 0 Å². The van der Waals surface area contributed by atoms with E-state index >= 15 is 0 Å². The number of aromatic nitrogens is 3. The first-order valence-corrected chi connectivity index (χ1v) is 17.1. The van der Waals surface area contributed by atoms with Crippen LogP contribution in [0.1, 0.15) is 148 Å². The summed E-state index contributed by atoms with van der Waals surface area (Å²) in [6.45, 7) is 32.0. The van der Waals surface area contributed by atoms with Crippen LogP contribution in [-0.4, -0.2) is 67.8 Å². The molecule has 0 aliphatic carbocycles. The van der Waals surface area contributed by atoms with E-state index in [1.165, 1.54) is 32.1 Å². The van der Waals surface area contributed by atoms with E-state index in [9.17, 15) is 0 Å². The number of nitrogens with zero attached hydrogens (tertiary/aromatic N) is 4. The van der Waals surface area contributed by atoms with Crippen LogP contribution in [0.15, 0.2) is 6.33 Å². The molecule has 248 valence electrons. The van der Waals surface area contributed by atoms with Gasteiger partial charge in [-0.25, -0.2) is 9.97 Å². The van der Waals surface area contributed by atoms with E-state index < -0.39 is 0 Å². The Balaban J connectivity index is 1.62. The molecule has 8 heteroatoms. The van der Waals surface area contributed by atoms with Gasteiger partial charge in [0.25, 0.3) is 0 Å². The zero-order valence-corrected chi connectivity index (χ0v) is 30.3. The summed E-state index contributed by atoms with van der Waals surface area (Å²) in [5.41, 5.74) is 0.573. The van der Waals surface area contributed by atoms with E-state index in [-0.39, 0.29) is 33.1 Å². The van der Waals surface area contributed by atoms with Gasteiger partial charge in [-0.05, 0) is 126 Å². The van der Waals surface area contributed by atoms with Crippen LogP contribution in [-0.2, 0) is 0 Å². The fourth-order valence-electron chi connectivity index (χ4n) is 8.63. The topological polar surface area (TPSA) is 90.0 Å². The molecule has 0 radical (unpaired) electrons. The van der Waals surface area contributed by atoms with Crippen molar-refractivity contribution in [3.63, 3.8) is 0 Å². The van der Waals surface area contributed by atoms with Gasteiger partial charge in [0.1, 0.15) is 6.33 Å². The van der Waals surface area contributed by atoms with Crippen molar-refractivity contribution in [3.8, 4) is 0 Å². The van der Waals surface area contributed by atoms with Gasteiger partial charge in [0.05, 0.1) is 0 Å². The van der Waals surface area contributed by atoms with Crippen molar-refractivity contribution < 1.29 is 0 Å². The first-order chi connectivity index (χ1) is 19.5. The van der Waals surface area contributed by atoms with Gasteiger partial charge in [-0.2, -0.15) is 4.98 Å². The SMILES string of the molecule is CC(C)(C)CC(C)(C)Nc1ncnc(N(CCCCCCNC2CC(C)(C)NC(C)(C)C2)C2CC(C)(C)NC(C)(C)C2)n1. The van der Waals surface area contributed by atoms with Crippen LogP contribution in [0.2, 0.25) is 0 Å². The highest BCUT2D eigenvalue weighted by Gasteiger charge is 2.41. The Labute approximate surface area is 265 Å². The van der Waals surface area contributed by atoms with Crippen LogP contribution in [0.3, 0.4) is 0 Å². The second-order valence-corrected chi connectivity index (χ2v) is 18.4. The summed E-state index contributed by atoms with van der Waals surface area (Å²) in [5.74, 6) is 1.48. The summed E-state index contributed by atoms with van der Waals surface area (Å²) < 4.78 is 0. The highest BCUT2D eigenvalue weighted by molar-refractivity contribution is 5.39. The second-order valence-electron chi connectivity index (χ2n) is 18.4. The van der Waals surface area contributed by atoms with Gasteiger partial charge in [-0.3, -0.25) is 0 Å². The molecule has 4 N–H and O–H groups in total. The fraction of sp³-hybridized carbons (Fsp3) is 0.914. The summed E-state index contributed by atoms with van der Waals surface area (Å²) in [7, 11) is 0.